The molecule has 0 saturated carbocycles. The molecule has 2 aromatic rings. The van der Waals surface area contributed by atoms with Gasteiger partial charge in [0.2, 0.25) is 0 Å². The highest BCUT2D eigenvalue weighted by Gasteiger charge is 2.17. The van der Waals surface area contributed by atoms with E-state index in [-0.39, 0.29) is 6.03 Å². The van der Waals surface area contributed by atoms with Crippen LogP contribution in [0.1, 0.15) is 11.1 Å². The van der Waals surface area contributed by atoms with E-state index in [4.69, 9.17) is 0 Å². The van der Waals surface area contributed by atoms with Crippen molar-refractivity contribution in [2.45, 2.75) is 13.8 Å². The summed E-state index contributed by atoms with van der Waals surface area (Å²) in [4.78, 5) is 22.2. The van der Waals surface area contributed by atoms with E-state index in [0.29, 0.717) is 0 Å². The van der Waals surface area contributed by atoms with Gasteiger partial charge in [-0.1, -0.05) is 0 Å². The Kier molecular flexibility index (Phi) is 6.86. The zero-order valence-corrected chi connectivity index (χ0v) is 19.8. The number of likely N-dealkylation sites (N-methyl/N-ethyl adjacent to an activating group) is 2. The summed E-state index contributed by atoms with van der Waals surface area (Å²) in [5.74, 6) is 0. The third-order valence-electron chi connectivity index (χ3n) is 6.65. The van der Waals surface area contributed by atoms with Crippen LogP contribution >= 0.6 is 0 Å². The van der Waals surface area contributed by atoms with Crippen molar-refractivity contribution in [2.75, 3.05) is 86.9 Å². The molecule has 4 rings (SSSR count). The van der Waals surface area contributed by atoms with Crippen LogP contribution < -0.4 is 20.4 Å². The van der Waals surface area contributed by atoms with Crippen molar-refractivity contribution in [1.29, 1.82) is 0 Å². The molecule has 2 amide bonds. The van der Waals surface area contributed by atoms with Crippen LogP contribution in [-0.4, -0.2) is 82.3 Å². The third-order valence-corrected chi connectivity index (χ3v) is 6.65. The molecule has 7 heteroatoms. The Bertz CT molecular complexity index is 870. The minimum absolute atomic E-state index is 0.212. The Morgan fingerprint density at radius 1 is 0.656 bits per heavy atom. The molecule has 0 radical (unpaired) electrons. The summed E-state index contributed by atoms with van der Waals surface area (Å²) >= 11 is 0. The largest absolute Gasteiger partial charge is 0.369 e. The molecule has 2 N–H and O–H groups in total. The van der Waals surface area contributed by atoms with Gasteiger partial charge in [0.15, 0.2) is 0 Å². The molecule has 0 aromatic heterocycles. The summed E-state index contributed by atoms with van der Waals surface area (Å²) < 4.78 is 0. The van der Waals surface area contributed by atoms with Crippen molar-refractivity contribution >= 4 is 28.8 Å². The maximum Gasteiger partial charge on any atom is 0.323 e. The Hall–Kier alpha value is -2.77. The van der Waals surface area contributed by atoms with Gasteiger partial charge < -0.3 is 30.2 Å². The van der Waals surface area contributed by atoms with E-state index in [1.165, 1.54) is 11.4 Å². The molecular formula is C25H36N6O. The zero-order chi connectivity index (χ0) is 22.7. The lowest BCUT2D eigenvalue weighted by molar-refractivity contribution is 0.262. The highest BCUT2D eigenvalue weighted by atomic mass is 16.2. The Morgan fingerprint density at radius 3 is 1.38 bits per heavy atom. The topological polar surface area (TPSA) is 54.1 Å². The second kappa shape index (κ2) is 9.79. The fourth-order valence-corrected chi connectivity index (χ4v) is 4.37. The first kappa shape index (κ1) is 22.4. The lowest BCUT2D eigenvalue weighted by Gasteiger charge is -2.34. The van der Waals surface area contributed by atoms with Gasteiger partial charge in [-0.2, -0.15) is 0 Å². The third kappa shape index (κ3) is 5.34. The van der Waals surface area contributed by atoms with Crippen LogP contribution in [0.2, 0.25) is 0 Å². The summed E-state index contributed by atoms with van der Waals surface area (Å²) in [6.45, 7) is 12.5. The Balaban J connectivity index is 1.36. The van der Waals surface area contributed by atoms with Crippen LogP contribution in [0.25, 0.3) is 0 Å². The summed E-state index contributed by atoms with van der Waals surface area (Å²) in [7, 11) is 4.33. The molecular weight excluding hydrogens is 400 g/mol. The number of aryl methyl sites for hydroxylation is 2. The second-order valence-electron chi connectivity index (χ2n) is 9.16. The standard InChI is InChI=1S/C25H36N6O/c1-19-17-21(30-13-9-28(3)10-14-30)5-7-23(19)26-25(32)27-24-8-6-22(18-20(24)2)31-15-11-29(4)12-16-31/h5-8,17-18H,9-16H2,1-4H3,(H2,26,27,32). The van der Waals surface area contributed by atoms with Gasteiger partial charge in [-0.15, -0.1) is 0 Å². The van der Waals surface area contributed by atoms with Crippen LogP contribution in [0.15, 0.2) is 36.4 Å². The van der Waals surface area contributed by atoms with Gasteiger partial charge in [-0.25, -0.2) is 4.79 Å². The smallest absolute Gasteiger partial charge is 0.323 e. The fourth-order valence-electron chi connectivity index (χ4n) is 4.37. The average Bonchev–Trinajstić information content (AvgIpc) is 2.78. The number of hydrogen-bond donors (Lipinski definition) is 2. The van der Waals surface area contributed by atoms with E-state index < -0.39 is 0 Å². The van der Waals surface area contributed by atoms with Crippen LogP contribution in [0.3, 0.4) is 0 Å². The number of benzene rings is 2. The molecule has 32 heavy (non-hydrogen) atoms. The number of amides is 2. The van der Waals surface area contributed by atoms with Gasteiger partial charge in [-0.3, -0.25) is 0 Å². The van der Waals surface area contributed by atoms with E-state index in [2.05, 4.69) is 68.6 Å². The van der Waals surface area contributed by atoms with Gasteiger partial charge in [0.05, 0.1) is 0 Å². The molecule has 172 valence electrons. The van der Waals surface area contributed by atoms with Crippen molar-refractivity contribution in [3.8, 4) is 0 Å². The summed E-state index contributed by atoms with van der Waals surface area (Å²) in [6, 6.07) is 12.3. The van der Waals surface area contributed by atoms with Crippen molar-refractivity contribution in [3.63, 3.8) is 0 Å². The van der Waals surface area contributed by atoms with Crippen LogP contribution in [0.5, 0.6) is 0 Å². The second-order valence-corrected chi connectivity index (χ2v) is 9.16. The van der Waals surface area contributed by atoms with Gasteiger partial charge in [-0.05, 0) is 75.5 Å². The highest BCUT2D eigenvalue weighted by molar-refractivity contribution is 6.01. The summed E-state index contributed by atoms with van der Waals surface area (Å²) in [5, 5.41) is 6.03. The van der Waals surface area contributed by atoms with E-state index >= 15 is 0 Å². The number of piperazine rings is 2. The number of anilines is 4. The van der Waals surface area contributed by atoms with Gasteiger partial charge in [0.1, 0.15) is 0 Å². The quantitative estimate of drug-likeness (QED) is 0.769. The number of hydrogen-bond acceptors (Lipinski definition) is 5. The molecule has 2 saturated heterocycles. The average molecular weight is 437 g/mol. The number of rotatable bonds is 4. The SMILES string of the molecule is Cc1cc(N2CCN(C)CC2)ccc1NC(=O)Nc1ccc(N2CCN(C)CC2)cc1C. The first-order chi connectivity index (χ1) is 15.4. The van der Waals surface area contributed by atoms with E-state index in [0.717, 1.165) is 74.9 Å². The normalized spacial score (nSPS) is 18.0. The van der Waals surface area contributed by atoms with Crippen LogP contribution in [-0.2, 0) is 0 Å². The summed E-state index contributed by atoms with van der Waals surface area (Å²) in [5.41, 5.74) is 6.25. The minimum Gasteiger partial charge on any atom is -0.369 e. The Morgan fingerprint density at radius 2 is 1.03 bits per heavy atom. The lowest BCUT2D eigenvalue weighted by Crippen LogP contribution is -2.44. The number of carbonyl (C=O) groups is 1. The molecule has 0 spiro atoms. The molecule has 2 heterocycles. The first-order valence-electron chi connectivity index (χ1n) is 11.6. The molecule has 7 nitrogen and oxygen atoms in total. The number of carbonyl (C=O) groups excluding carboxylic acids is 1. The van der Waals surface area contributed by atoms with Crippen molar-refractivity contribution in [2.24, 2.45) is 0 Å². The van der Waals surface area contributed by atoms with Crippen LogP contribution in [0, 0.1) is 13.8 Å². The molecule has 2 aliphatic rings. The molecule has 2 aromatic carbocycles. The summed E-state index contributed by atoms with van der Waals surface area (Å²) in [6.07, 6.45) is 0. The molecule has 2 fully saturated rings. The molecule has 2 aliphatic heterocycles. The van der Waals surface area contributed by atoms with Crippen molar-refractivity contribution in [3.05, 3.63) is 47.5 Å². The van der Waals surface area contributed by atoms with Gasteiger partial charge in [0, 0.05) is 75.1 Å². The van der Waals surface area contributed by atoms with E-state index in [1.54, 1.807) is 0 Å². The molecule has 0 atom stereocenters. The highest BCUT2D eigenvalue weighted by Crippen LogP contribution is 2.26. The number of urea groups is 1. The van der Waals surface area contributed by atoms with E-state index in [1.807, 2.05) is 26.0 Å². The monoisotopic (exact) mass is 436 g/mol. The predicted molar refractivity (Wildman–Crippen MR) is 134 cm³/mol. The van der Waals surface area contributed by atoms with Crippen LogP contribution in [0.4, 0.5) is 27.5 Å². The predicted octanol–water partition coefficient (Wildman–Crippen LogP) is 3.45. The Labute approximate surface area is 192 Å². The fraction of sp³-hybridized carbons (Fsp3) is 0.480. The molecule has 0 bridgehead atoms. The lowest BCUT2D eigenvalue weighted by atomic mass is 10.1. The maximum absolute atomic E-state index is 12.7. The van der Waals surface area contributed by atoms with Gasteiger partial charge >= 0.3 is 6.03 Å². The molecule has 0 unspecified atom stereocenters. The van der Waals surface area contributed by atoms with Crippen molar-refractivity contribution < 1.29 is 4.79 Å². The molecule has 0 aliphatic carbocycles. The number of nitrogens with zero attached hydrogens (tertiary/aromatic N) is 4. The van der Waals surface area contributed by atoms with E-state index in [9.17, 15) is 4.79 Å². The first-order valence-corrected chi connectivity index (χ1v) is 11.6. The number of nitrogens with one attached hydrogen (secondary N) is 2. The minimum atomic E-state index is -0.212. The van der Waals surface area contributed by atoms with Gasteiger partial charge in [0.25, 0.3) is 0 Å². The zero-order valence-electron chi connectivity index (χ0n) is 19.8. The van der Waals surface area contributed by atoms with Crippen molar-refractivity contribution in [1.82, 2.24) is 9.80 Å². The maximum atomic E-state index is 12.7.